The summed E-state index contributed by atoms with van der Waals surface area (Å²) in [5.41, 5.74) is 15.3. The van der Waals surface area contributed by atoms with E-state index in [1.54, 1.807) is 115 Å². The van der Waals surface area contributed by atoms with E-state index in [0.717, 1.165) is 27.8 Å². The first kappa shape index (κ1) is 80.8. The summed E-state index contributed by atoms with van der Waals surface area (Å²) in [5.74, 6) is -2.02. The highest BCUT2D eigenvalue weighted by Gasteiger charge is 2.66. The molecule has 6 aliphatic heterocycles. The van der Waals surface area contributed by atoms with Crippen LogP contribution in [0.4, 0.5) is 21.9 Å². The zero-order chi connectivity index (χ0) is 74.8. The Morgan fingerprint density at radius 2 is 1.13 bits per heavy atom. The van der Waals surface area contributed by atoms with E-state index in [4.69, 9.17) is 82.0 Å². The third-order valence-electron chi connectivity index (χ3n) is 20.3. The molecule has 0 saturated carbocycles. The Hall–Kier alpha value is -7.87. The Bertz CT molecular complexity index is 3910. The van der Waals surface area contributed by atoms with Gasteiger partial charge in [0.2, 0.25) is 11.8 Å². The molecule has 4 saturated heterocycles. The Labute approximate surface area is 615 Å². The number of allylic oxidation sites excluding steroid dienone is 10. The zero-order valence-electron chi connectivity index (χ0n) is 61.1. The molecule has 10 rings (SSSR count). The number of esters is 2. The Kier molecular flexibility index (Phi) is 25.6. The number of hydrogen-bond donors (Lipinski definition) is 6. The van der Waals surface area contributed by atoms with Crippen LogP contribution in [0, 0.1) is 23.7 Å². The topological polar surface area (TPSA) is 307 Å². The molecular formula is C78H104Cl2N6O17. The number of rotatable bonds is 10. The summed E-state index contributed by atoms with van der Waals surface area (Å²) < 4.78 is 59.7. The van der Waals surface area contributed by atoms with Crippen molar-refractivity contribution >= 4 is 75.7 Å². The molecule has 6 heterocycles. The van der Waals surface area contributed by atoms with E-state index in [1.807, 2.05) is 83.2 Å². The average Bonchev–Trinajstić information content (AvgIpc) is 1.57. The highest BCUT2D eigenvalue weighted by atomic mass is 35.5. The van der Waals surface area contributed by atoms with Gasteiger partial charge in [-0.2, -0.15) is 0 Å². The SMILES string of the molecule is C.C=C1N[C@]2(O)C[C@H](O1)[C@@H](C)[C@@H]1O[C@@]1(C)[C@@H](OC(=O)C(C)C)CC(=O)N(C)c1cc(cc(OC)c1-c1ccc(N)cc1Cl)C/C(C)=C/C=C/[C@H]2OC.COc1cc2cc(c1C1=CC=C(N)CC1Cl)N(C)C(=O)C[C@H](OC(=O)C(C)C)[C@]1(C)O[C@H]1[C@H](C)[C@@H]1C[C@@](O)(NC(=O)O1)[C@H](OC)/C=C/C=C(\C)C2. The minimum absolute atomic E-state index is 0. The first-order valence-electron chi connectivity index (χ1n) is 34.4. The number of carbonyl (C=O) groups is 5. The average molecular weight is 1470 g/mol. The number of nitrogens with one attached hydrogen (secondary N) is 2. The molecule has 4 fully saturated rings. The lowest BCUT2D eigenvalue weighted by molar-refractivity contribution is -0.159. The van der Waals surface area contributed by atoms with E-state index in [0.29, 0.717) is 75.2 Å². The number of amides is 3. The summed E-state index contributed by atoms with van der Waals surface area (Å²) >= 11 is 13.6. The zero-order valence-corrected chi connectivity index (χ0v) is 62.7. The molecule has 23 nitrogen and oxygen atoms in total. The summed E-state index contributed by atoms with van der Waals surface area (Å²) in [6.07, 6.45) is 8.99. The quantitative estimate of drug-likeness (QED) is 0.0361. The second-order valence-electron chi connectivity index (χ2n) is 28.8. The number of fused-ring (bicyclic) bond motifs is 10. The minimum Gasteiger partial charge on any atom is -0.496 e. The van der Waals surface area contributed by atoms with Crippen LogP contribution >= 0.6 is 23.2 Å². The monoisotopic (exact) mass is 1470 g/mol. The highest BCUT2D eigenvalue weighted by molar-refractivity contribution is 6.34. The van der Waals surface area contributed by atoms with Gasteiger partial charge in [0.1, 0.15) is 59.3 Å². The molecule has 8 bridgehead atoms. The number of alkyl halides is 1. The summed E-state index contributed by atoms with van der Waals surface area (Å²) in [6, 6.07) is 12.9. The van der Waals surface area contributed by atoms with Crippen molar-refractivity contribution in [1.82, 2.24) is 10.6 Å². The minimum atomic E-state index is -1.79. The Morgan fingerprint density at radius 1 is 0.670 bits per heavy atom. The van der Waals surface area contributed by atoms with Crippen LogP contribution in [0.25, 0.3) is 16.7 Å². The molecule has 1 unspecified atom stereocenters. The summed E-state index contributed by atoms with van der Waals surface area (Å²) in [5, 5.41) is 29.0. The maximum absolute atomic E-state index is 14.4. The van der Waals surface area contributed by atoms with E-state index < -0.39 is 113 Å². The fourth-order valence-corrected chi connectivity index (χ4v) is 14.8. The molecule has 7 aliphatic rings. The van der Waals surface area contributed by atoms with Crippen molar-refractivity contribution < 1.29 is 81.6 Å². The van der Waals surface area contributed by atoms with Crippen LogP contribution in [0.5, 0.6) is 11.5 Å². The summed E-state index contributed by atoms with van der Waals surface area (Å²) in [6.45, 7) is 22.2. The molecule has 3 aromatic rings. The van der Waals surface area contributed by atoms with E-state index in [9.17, 15) is 34.2 Å². The number of alkyl carbamates (subject to hydrolysis) is 1. The molecule has 103 heavy (non-hydrogen) atoms. The molecule has 3 aromatic carbocycles. The van der Waals surface area contributed by atoms with Crippen LogP contribution in [-0.4, -0.2) is 159 Å². The third kappa shape index (κ3) is 17.8. The van der Waals surface area contributed by atoms with Gasteiger partial charge in [0.25, 0.3) is 0 Å². The molecule has 3 amide bonds. The lowest BCUT2D eigenvalue weighted by atomic mass is 9.83. The van der Waals surface area contributed by atoms with Crippen LogP contribution in [0.3, 0.4) is 0 Å². The van der Waals surface area contributed by atoms with Crippen molar-refractivity contribution in [2.75, 3.05) is 58.1 Å². The molecular weight excluding hydrogens is 1360 g/mol. The lowest BCUT2D eigenvalue weighted by Gasteiger charge is -2.44. The third-order valence-corrected chi connectivity index (χ3v) is 21.0. The van der Waals surface area contributed by atoms with E-state index in [1.165, 1.54) is 14.2 Å². The predicted molar refractivity (Wildman–Crippen MR) is 397 cm³/mol. The highest BCUT2D eigenvalue weighted by Crippen LogP contribution is 2.52. The van der Waals surface area contributed by atoms with E-state index in [2.05, 4.69) is 17.2 Å². The van der Waals surface area contributed by atoms with Gasteiger partial charge in [0.05, 0.1) is 72.9 Å². The second kappa shape index (κ2) is 32.6. The predicted octanol–water partition coefficient (Wildman–Crippen LogP) is 11.5. The normalized spacial score (nSPS) is 32.7. The number of benzene rings is 3. The first-order valence-corrected chi connectivity index (χ1v) is 35.2. The van der Waals surface area contributed by atoms with E-state index >= 15 is 0 Å². The summed E-state index contributed by atoms with van der Waals surface area (Å²) in [4.78, 5) is 70.8. The van der Waals surface area contributed by atoms with Crippen LogP contribution in [0.15, 0.2) is 120 Å². The maximum Gasteiger partial charge on any atom is 0.409 e. The van der Waals surface area contributed by atoms with Crippen LogP contribution in [-0.2, 0) is 69.9 Å². The number of anilines is 3. The fraction of sp³-hybridized carbons (Fsp3) is 0.526. The Morgan fingerprint density at radius 3 is 1.57 bits per heavy atom. The number of ether oxygens (including phenoxy) is 10. The fourth-order valence-electron chi connectivity index (χ4n) is 14.2. The molecule has 0 aromatic heterocycles. The van der Waals surface area contributed by atoms with E-state index in [-0.39, 0.29) is 56.7 Å². The largest absolute Gasteiger partial charge is 0.496 e. The number of nitrogens with zero attached hydrogens (tertiary/aromatic N) is 2. The number of carbonyl (C=O) groups excluding carboxylic acids is 5. The van der Waals surface area contributed by atoms with Crippen molar-refractivity contribution in [3.8, 4) is 22.6 Å². The molecule has 25 heteroatoms. The molecule has 1 aliphatic carbocycles. The van der Waals surface area contributed by atoms with Gasteiger partial charge in [-0.3, -0.25) is 24.5 Å². The lowest BCUT2D eigenvalue weighted by Crippen LogP contribution is -2.63. The molecule has 0 radical (unpaired) electrons. The number of nitrogens with two attached hydrogens (primary N) is 2. The number of halogens is 2. The number of hydrogen-bond acceptors (Lipinski definition) is 20. The van der Waals surface area contributed by atoms with Gasteiger partial charge in [-0.25, -0.2) is 4.79 Å². The number of epoxide rings is 2. The van der Waals surface area contributed by atoms with Gasteiger partial charge in [-0.05, 0) is 106 Å². The molecule has 562 valence electrons. The van der Waals surface area contributed by atoms with Crippen LogP contribution in [0.1, 0.15) is 125 Å². The summed E-state index contributed by atoms with van der Waals surface area (Å²) in [7, 11) is 9.48. The first-order chi connectivity index (χ1) is 48.0. The van der Waals surface area contributed by atoms with Crippen molar-refractivity contribution in [3.05, 3.63) is 142 Å². The van der Waals surface area contributed by atoms with Crippen LogP contribution in [0.2, 0.25) is 5.02 Å². The maximum atomic E-state index is 14.4. The Balaban J connectivity index is 0.000000259. The van der Waals surface area contributed by atoms with Crippen molar-refractivity contribution in [3.63, 3.8) is 0 Å². The van der Waals surface area contributed by atoms with Crippen LogP contribution < -0.4 is 41.4 Å². The van der Waals surface area contributed by atoms with Gasteiger partial charge in [-0.15, -0.1) is 11.6 Å². The number of aliphatic hydroxyl groups is 2. The second-order valence-corrected chi connectivity index (χ2v) is 29.7. The van der Waals surface area contributed by atoms with Gasteiger partial charge in [0.15, 0.2) is 17.3 Å². The van der Waals surface area contributed by atoms with Gasteiger partial charge >= 0.3 is 18.0 Å². The molecule has 8 N–H and O–H groups in total. The van der Waals surface area contributed by atoms with Crippen molar-refractivity contribution in [2.45, 2.75) is 198 Å². The van der Waals surface area contributed by atoms with Gasteiger partial charge < -0.3 is 84.2 Å². The van der Waals surface area contributed by atoms with Crippen molar-refractivity contribution in [1.29, 1.82) is 0 Å². The smallest absolute Gasteiger partial charge is 0.409 e. The molecule has 0 spiro atoms. The number of nitrogen functional groups attached to an aromatic ring is 1. The van der Waals surface area contributed by atoms with Gasteiger partial charge in [0, 0.05) is 87.5 Å². The van der Waals surface area contributed by atoms with Crippen molar-refractivity contribution in [2.24, 2.45) is 29.4 Å². The number of methoxy groups -OCH3 is 4. The molecule has 15 atom stereocenters. The standard InChI is InChI=1S/C39H50ClN3O8.C38H50ClN3O9.CH4/c1-21(2)37(45)50-33-19-34(44)43(7)29-16-25(17-30(47-8)35(29)27-14-13-26(41)18-28(27)40)15-22(3)11-10-12-32(48-9)39(46)20-31(49-24(5)42-39)23(4)36-38(33,6)51-36;1-20(2)35(44)50-31-18-32(43)42(6)27-15-23(16-28(47-7)33(27)25-13-12-24(40)17-26(25)39)14-21(3)10-9-11-30(48-8)38(46)19-29(49-36(45)41-38)22(4)34-37(31,5)51-34;/h10-14,16-18,21,23,31-33,36,42,46H,5,15,19-20,41H2,1-4,6-9H3;9-13,15-16,20,22,26,29-31,34,46H,14,17-19,40H2,1-8H3,(H,41,45);1H4/b12-10+,22-11+;11-9+,21-10+;/t23-,31+,32-,33+,36+,38+,39+;22-,26?,29+,30-,31+,34+,37+,38+;/m11./s1. The van der Waals surface area contributed by atoms with Gasteiger partial charge in [-0.1, -0.05) is 120 Å².